The van der Waals surface area contributed by atoms with E-state index in [1.807, 2.05) is 49.8 Å². The average molecular weight is 578 g/mol. The van der Waals surface area contributed by atoms with Crippen LogP contribution < -0.4 is 0 Å². The third kappa shape index (κ3) is 6.29. The number of hydrogen-bond acceptors (Lipinski definition) is 6. The first-order chi connectivity index (χ1) is 16.1. The molecule has 0 saturated carbocycles. The topological polar surface area (TPSA) is 62.5 Å². The van der Waals surface area contributed by atoms with Gasteiger partial charge in [-0.1, -0.05) is 22.0 Å². The van der Waals surface area contributed by atoms with Gasteiger partial charge in [0.25, 0.3) is 0 Å². The maximum Gasteiger partial charge on any atom is 0.228 e. The molecule has 1 aliphatic rings. The van der Waals surface area contributed by atoms with Gasteiger partial charge in [-0.2, -0.15) is 0 Å². The second-order valence-corrected chi connectivity index (χ2v) is 9.39. The van der Waals surface area contributed by atoms with E-state index in [0.29, 0.717) is 16.9 Å². The lowest BCUT2D eigenvalue weighted by Crippen LogP contribution is -2.45. The van der Waals surface area contributed by atoms with Crippen molar-refractivity contribution in [3.8, 4) is 0 Å². The van der Waals surface area contributed by atoms with Crippen LogP contribution in [0.2, 0.25) is 0 Å². The van der Waals surface area contributed by atoms with E-state index in [0.717, 1.165) is 60.4 Å². The standard InChI is InChI=1S/C26H25BrN4O2.2ClH/c1-18-26-23(13-24(33-26)25(32)20-4-6-22(27)7-5-20)21(15-29-18)17-31-11-9-30(10-12-31)16-19-3-2-8-28-14-19;;/h2-8,13-15H,9-12,16-17H2,1H3;2*1H. The third-order valence-electron chi connectivity index (χ3n) is 6.14. The predicted octanol–water partition coefficient (Wildman–Crippen LogP) is 5.69. The Morgan fingerprint density at radius 3 is 2.34 bits per heavy atom. The Hall–Kier alpha value is -2.29. The van der Waals surface area contributed by atoms with Gasteiger partial charge < -0.3 is 4.42 Å². The Bertz CT molecular complexity index is 1270. The molecule has 0 bridgehead atoms. The lowest BCUT2D eigenvalue weighted by molar-refractivity contribution is 0.101. The number of hydrogen-bond donors (Lipinski definition) is 0. The minimum Gasteiger partial charge on any atom is -0.451 e. The fourth-order valence-corrected chi connectivity index (χ4v) is 4.54. The summed E-state index contributed by atoms with van der Waals surface area (Å²) in [5.41, 5.74) is 4.44. The maximum absolute atomic E-state index is 13.0. The quantitative estimate of drug-likeness (QED) is 0.274. The molecular formula is C26H27BrCl2N4O2. The van der Waals surface area contributed by atoms with Crippen molar-refractivity contribution in [2.24, 2.45) is 0 Å². The van der Waals surface area contributed by atoms with E-state index in [-0.39, 0.29) is 30.6 Å². The number of aromatic nitrogens is 2. The molecule has 3 aromatic heterocycles. The molecule has 4 aromatic rings. The van der Waals surface area contributed by atoms with E-state index in [1.165, 1.54) is 5.56 Å². The monoisotopic (exact) mass is 576 g/mol. The molecule has 1 fully saturated rings. The molecule has 6 nitrogen and oxygen atoms in total. The fourth-order valence-electron chi connectivity index (χ4n) is 4.28. The molecule has 184 valence electrons. The number of pyridine rings is 2. The van der Waals surface area contributed by atoms with Gasteiger partial charge in [-0.05, 0) is 54.4 Å². The predicted molar refractivity (Wildman–Crippen MR) is 146 cm³/mol. The highest BCUT2D eigenvalue weighted by atomic mass is 79.9. The van der Waals surface area contributed by atoms with Gasteiger partial charge in [0.2, 0.25) is 5.78 Å². The molecular weight excluding hydrogens is 551 g/mol. The number of rotatable bonds is 6. The van der Waals surface area contributed by atoms with Gasteiger partial charge in [0.05, 0.1) is 5.69 Å². The van der Waals surface area contributed by atoms with Crippen LogP contribution in [-0.2, 0) is 13.1 Å². The van der Waals surface area contributed by atoms with Gasteiger partial charge in [-0.15, -0.1) is 24.8 Å². The number of carbonyl (C=O) groups is 1. The number of ketones is 1. The average Bonchev–Trinajstić information content (AvgIpc) is 3.30. The zero-order valence-corrected chi connectivity index (χ0v) is 22.5. The highest BCUT2D eigenvalue weighted by Gasteiger charge is 2.21. The molecule has 0 aliphatic carbocycles. The highest BCUT2D eigenvalue weighted by molar-refractivity contribution is 9.10. The van der Waals surface area contributed by atoms with Crippen molar-refractivity contribution in [2.45, 2.75) is 20.0 Å². The Balaban J connectivity index is 0.00000171. The number of aryl methyl sites for hydroxylation is 1. The first-order valence-corrected chi connectivity index (χ1v) is 11.9. The van der Waals surface area contributed by atoms with Gasteiger partial charge in [0, 0.05) is 73.3 Å². The number of nitrogens with zero attached hydrogens (tertiary/aromatic N) is 4. The van der Waals surface area contributed by atoms with Crippen molar-refractivity contribution in [1.29, 1.82) is 0 Å². The summed E-state index contributed by atoms with van der Waals surface area (Å²) >= 11 is 3.41. The lowest BCUT2D eigenvalue weighted by Gasteiger charge is -2.34. The van der Waals surface area contributed by atoms with Gasteiger partial charge in [-0.25, -0.2) is 0 Å². The van der Waals surface area contributed by atoms with Crippen LogP contribution in [0.15, 0.2) is 69.9 Å². The van der Waals surface area contributed by atoms with Crippen molar-refractivity contribution in [3.05, 3.63) is 93.7 Å². The SMILES string of the molecule is Cc1ncc(CN2CCN(Cc3cccnc3)CC2)c2cc(C(=O)c3ccc(Br)cc3)oc12.Cl.Cl. The van der Waals surface area contributed by atoms with Gasteiger partial charge in [0.1, 0.15) is 0 Å². The van der Waals surface area contributed by atoms with Crippen LogP contribution in [0, 0.1) is 6.92 Å². The Kier molecular flexibility index (Phi) is 9.44. The molecule has 0 N–H and O–H groups in total. The molecule has 35 heavy (non-hydrogen) atoms. The second-order valence-electron chi connectivity index (χ2n) is 8.47. The van der Waals surface area contributed by atoms with Gasteiger partial charge in [-0.3, -0.25) is 24.6 Å². The van der Waals surface area contributed by atoms with E-state index in [1.54, 1.807) is 12.1 Å². The van der Waals surface area contributed by atoms with Crippen molar-refractivity contribution in [3.63, 3.8) is 0 Å². The fraction of sp³-hybridized carbons (Fsp3) is 0.269. The smallest absolute Gasteiger partial charge is 0.228 e. The van der Waals surface area contributed by atoms with E-state index >= 15 is 0 Å². The molecule has 1 aromatic carbocycles. The highest BCUT2D eigenvalue weighted by Crippen LogP contribution is 2.28. The molecule has 0 unspecified atom stereocenters. The minimum atomic E-state index is -0.118. The van der Waals surface area contributed by atoms with Crippen LogP contribution in [0.5, 0.6) is 0 Å². The largest absolute Gasteiger partial charge is 0.451 e. The molecule has 0 atom stereocenters. The second kappa shape index (κ2) is 12.1. The molecule has 0 spiro atoms. The van der Waals surface area contributed by atoms with Crippen molar-refractivity contribution < 1.29 is 9.21 Å². The Morgan fingerprint density at radius 2 is 1.69 bits per heavy atom. The Labute approximate surface area is 225 Å². The number of halogens is 3. The molecule has 0 amide bonds. The summed E-state index contributed by atoms with van der Waals surface area (Å²) in [5.74, 6) is 0.235. The number of fused-ring (bicyclic) bond motifs is 1. The van der Waals surface area contributed by atoms with Gasteiger partial charge in [0.15, 0.2) is 11.3 Å². The van der Waals surface area contributed by atoms with Crippen LogP contribution >= 0.6 is 40.7 Å². The first kappa shape index (κ1) is 27.3. The number of furan rings is 1. The summed E-state index contributed by atoms with van der Waals surface area (Å²) in [6.07, 6.45) is 5.67. The van der Waals surface area contributed by atoms with E-state index in [9.17, 15) is 4.79 Å². The van der Waals surface area contributed by atoms with Crippen LogP contribution in [0.4, 0.5) is 0 Å². The maximum atomic E-state index is 13.0. The normalized spacial score (nSPS) is 14.3. The van der Waals surface area contributed by atoms with Gasteiger partial charge >= 0.3 is 0 Å². The van der Waals surface area contributed by atoms with Crippen molar-refractivity contribution in [1.82, 2.24) is 19.8 Å². The molecule has 1 saturated heterocycles. The third-order valence-corrected chi connectivity index (χ3v) is 6.67. The van der Waals surface area contributed by atoms with Crippen LogP contribution in [0.25, 0.3) is 11.0 Å². The summed E-state index contributed by atoms with van der Waals surface area (Å²) in [4.78, 5) is 26.6. The van der Waals surface area contributed by atoms with Crippen LogP contribution in [-0.4, -0.2) is 51.7 Å². The summed E-state index contributed by atoms with van der Waals surface area (Å²) in [6.45, 7) is 7.63. The summed E-state index contributed by atoms with van der Waals surface area (Å²) < 4.78 is 6.94. The summed E-state index contributed by atoms with van der Waals surface area (Å²) in [7, 11) is 0. The Morgan fingerprint density at radius 1 is 1.00 bits per heavy atom. The lowest BCUT2D eigenvalue weighted by atomic mass is 10.1. The molecule has 4 heterocycles. The van der Waals surface area contributed by atoms with Crippen molar-refractivity contribution in [2.75, 3.05) is 26.2 Å². The van der Waals surface area contributed by atoms with Crippen LogP contribution in [0.1, 0.15) is 32.9 Å². The molecule has 1 aliphatic heterocycles. The minimum absolute atomic E-state index is 0. The summed E-state index contributed by atoms with van der Waals surface area (Å²) in [5, 5.41) is 0.973. The zero-order chi connectivity index (χ0) is 22.8. The van der Waals surface area contributed by atoms with E-state index < -0.39 is 0 Å². The van der Waals surface area contributed by atoms with E-state index in [4.69, 9.17) is 4.42 Å². The summed E-state index contributed by atoms with van der Waals surface area (Å²) in [6, 6.07) is 13.3. The van der Waals surface area contributed by atoms with Crippen LogP contribution in [0.3, 0.4) is 0 Å². The number of piperazine rings is 1. The molecule has 9 heteroatoms. The number of carbonyl (C=O) groups excluding carboxylic acids is 1. The zero-order valence-electron chi connectivity index (χ0n) is 19.3. The first-order valence-electron chi connectivity index (χ1n) is 11.1. The number of benzene rings is 1. The van der Waals surface area contributed by atoms with Crippen molar-refractivity contribution >= 4 is 57.5 Å². The van der Waals surface area contributed by atoms with E-state index in [2.05, 4.69) is 41.8 Å². The molecule has 5 rings (SSSR count). The molecule has 0 radical (unpaired) electrons.